The van der Waals surface area contributed by atoms with Crippen LogP contribution in [0.1, 0.15) is 31.3 Å². The van der Waals surface area contributed by atoms with E-state index in [1.807, 2.05) is 13.8 Å². The van der Waals surface area contributed by atoms with Gasteiger partial charge < -0.3 is 4.74 Å². The fourth-order valence-corrected chi connectivity index (χ4v) is 1.92. The van der Waals surface area contributed by atoms with Gasteiger partial charge in [0.05, 0.1) is 17.1 Å². The third-order valence-corrected chi connectivity index (χ3v) is 3.17. The molecule has 0 saturated carbocycles. The highest BCUT2D eigenvalue weighted by atomic mass is 35.5. The number of ether oxygens (including phenoxy) is 1. The van der Waals surface area contributed by atoms with E-state index >= 15 is 0 Å². The summed E-state index contributed by atoms with van der Waals surface area (Å²) < 4.78 is 19.3. The second kappa shape index (κ2) is 6.37. The van der Waals surface area contributed by atoms with Gasteiger partial charge in [-0.1, -0.05) is 31.5 Å². The number of hydrogen-bond acceptors (Lipinski definition) is 3. The molecule has 0 saturated heterocycles. The number of hydrogen-bond donors (Lipinski definition) is 0. The molecular formula is C14H13Cl2FN2O. The van der Waals surface area contributed by atoms with Crippen molar-refractivity contribution in [3.05, 3.63) is 46.8 Å². The van der Waals surface area contributed by atoms with E-state index in [9.17, 15) is 4.39 Å². The molecule has 0 bridgehead atoms. The molecule has 1 aromatic heterocycles. The van der Waals surface area contributed by atoms with Gasteiger partial charge in [0, 0.05) is 5.92 Å². The van der Waals surface area contributed by atoms with Crippen LogP contribution in [0.15, 0.2) is 24.4 Å². The summed E-state index contributed by atoms with van der Waals surface area (Å²) in [4.78, 5) is 8.50. The summed E-state index contributed by atoms with van der Waals surface area (Å²) in [6.07, 6.45) is 1.50. The van der Waals surface area contributed by atoms with E-state index in [0.29, 0.717) is 17.3 Å². The maximum Gasteiger partial charge on any atom is 0.184 e. The van der Waals surface area contributed by atoms with Crippen LogP contribution < -0.4 is 4.74 Å². The van der Waals surface area contributed by atoms with Crippen molar-refractivity contribution < 1.29 is 9.13 Å². The molecule has 2 rings (SSSR count). The summed E-state index contributed by atoms with van der Waals surface area (Å²) in [7, 11) is 0. The van der Waals surface area contributed by atoms with Gasteiger partial charge in [-0.2, -0.15) is 0 Å². The van der Waals surface area contributed by atoms with Crippen molar-refractivity contribution in [3.63, 3.8) is 0 Å². The predicted octanol–water partition coefficient (Wildman–Crippen LogP) is 4.92. The molecule has 0 radical (unpaired) electrons. The van der Waals surface area contributed by atoms with E-state index in [1.165, 1.54) is 18.3 Å². The Morgan fingerprint density at radius 2 is 2.05 bits per heavy atom. The van der Waals surface area contributed by atoms with Gasteiger partial charge in [-0.05, 0) is 12.1 Å². The molecule has 0 fully saturated rings. The highest BCUT2D eigenvalue weighted by molar-refractivity contribution is 6.30. The number of aromatic nitrogens is 2. The lowest BCUT2D eigenvalue weighted by molar-refractivity contribution is 0.433. The van der Waals surface area contributed by atoms with Gasteiger partial charge in [-0.15, -0.1) is 11.6 Å². The van der Waals surface area contributed by atoms with Gasteiger partial charge in [-0.3, -0.25) is 0 Å². The summed E-state index contributed by atoms with van der Waals surface area (Å²) in [6.45, 7) is 3.95. The van der Waals surface area contributed by atoms with E-state index in [1.54, 1.807) is 6.07 Å². The second-order valence-corrected chi connectivity index (χ2v) is 5.16. The zero-order valence-electron chi connectivity index (χ0n) is 11.0. The third kappa shape index (κ3) is 3.19. The summed E-state index contributed by atoms with van der Waals surface area (Å²) in [5.74, 6) is 0.714. The molecule has 3 nitrogen and oxygen atoms in total. The highest BCUT2D eigenvalue weighted by Crippen LogP contribution is 2.30. The Bertz CT molecular complexity index is 620. The highest BCUT2D eigenvalue weighted by Gasteiger charge is 2.14. The van der Waals surface area contributed by atoms with E-state index in [4.69, 9.17) is 27.9 Å². The number of halogens is 3. The van der Waals surface area contributed by atoms with Gasteiger partial charge in [0.2, 0.25) is 0 Å². The van der Waals surface area contributed by atoms with Crippen LogP contribution in [0.2, 0.25) is 5.02 Å². The summed E-state index contributed by atoms with van der Waals surface area (Å²) in [6, 6.07) is 4.53. The van der Waals surface area contributed by atoms with Crippen LogP contribution in [0.5, 0.6) is 11.5 Å². The summed E-state index contributed by atoms with van der Waals surface area (Å²) in [5, 5.41) is -0.00496. The van der Waals surface area contributed by atoms with Crippen LogP contribution in [-0.2, 0) is 5.88 Å². The minimum atomic E-state index is -0.623. The first-order valence-electron chi connectivity index (χ1n) is 6.06. The smallest absolute Gasteiger partial charge is 0.184 e. The van der Waals surface area contributed by atoms with Gasteiger partial charge in [0.15, 0.2) is 17.3 Å². The zero-order chi connectivity index (χ0) is 14.7. The van der Waals surface area contributed by atoms with Crippen LogP contribution in [0.25, 0.3) is 0 Å². The average molecular weight is 315 g/mol. The lowest BCUT2D eigenvalue weighted by atomic mass is 10.2. The SMILES string of the molecule is CC(C)c1ncc(Oc2cccc(Cl)c2F)c(CCl)n1. The zero-order valence-corrected chi connectivity index (χ0v) is 12.5. The Morgan fingerprint density at radius 1 is 1.30 bits per heavy atom. The van der Waals surface area contributed by atoms with Crippen LogP contribution in [0.4, 0.5) is 4.39 Å². The lowest BCUT2D eigenvalue weighted by Crippen LogP contribution is -2.03. The first-order chi connectivity index (χ1) is 9.52. The van der Waals surface area contributed by atoms with E-state index < -0.39 is 5.82 Å². The fourth-order valence-electron chi connectivity index (χ4n) is 1.56. The molecule has 106 valence electrons. The minimum absolute atomic E-state index is 0.00496. The van der Waals surface area contributed by atoms with E-state index in [2.05, 4.69) is 9.97 Å². The van der Waals surface area contributed by atoms with Crippen molar-refractivity contribution in [1.29, 1.82) is 0 Å². The molecule has 1 heterocycles. The van der Waals surface area contributed by atoms with Crippen molar-refractivity contribution >= 4 is 23.2 Å². The molecule has 20 heavy (non-hydrogen) atoms. The molecule has 1 aromatic carbocycles. The van der Waals surface area contributed by atoms with E-state index in [0.717, 1.165) is 0 Å². The Hall–Kier alpha value is -1.39. The maximum atomic E-state index is 13.8. The molecule has 0 amide bonds. The van der Waals surface area contributed by atoms with Crippen LogP contribution in [-0.4, -0.2) is 9.97 Å². The lowest BCUT2D eigenvalue weighted by Gasteiger charge is -2.12. The molecule has 0 spiro atoms. The largest absolute Gasteiger partial charge is 0.451 e. The first kappa shape index (κ1) is 15.0. The third-order valence-electron chi connectivity index (χ3n) is 2.63. The number of nitrogens with zero attached hydrogens (tertiary/aromatic N) is 2. The van der Waals surface area contributed by atoms with Crippen LogP contribution in [0.3, 0.4) is 0 Å². The quantitative estimate of drug-likeness (QED) is 0.751. The van der Waals surface area contributed by atoms with E-state index in [-0.39, 0.29) is 22.6 Å². The second-order valence-electron chi connectivity index (χ2n) is 4.48. The average Bonchev–Trinajstić information content (AvgIpc) is 2.44. The Kier molecular flexibility index (Phi) is 4.78. The molecule has 0 aliphatic heterocycles. The molecular weight excluding hydrogens is 302 g/mol. The Balaban J connectivity index is 2.36. The molecule has 2 aromatic rings. The van der Waals surface area contributed by atoms with Crippen LogP contribution >= 0.6 is 23.2 Å². The molecule has 6 heteroatoms. The number of rotatable bonds is 4. The predicted molar refractivity (Wildman–Crippen MR) is 77.2 cm³/mol. The topological polar surface area (TPSA) is 35.0 Å². The Morgan fingerprint density at radius 3 is 2.70 bits per heavy atom. The molecule has 0 aliphatic rings. The van der Waals surface area contributed by atoms with Gasteiger partial charge >= 0.3 is 0 Å². The standard InChI is InChI=1S/C14H13Cl2FN2O/c1-8(2)14-18-7-12(10(6-15)19-14)20-11-5-3-4-9(16)13(11)17/h3-5,7-8H,6H2,1-2H3. The number of benzene rings is 1. The van der Waals surface area contributed by atoms with Gasteiger partial charge in [0.25, 0.3) is 0 Å². The molecule has 0 N–H and O–H groups in total. The maximum absolute atomic E-state index is 13.8. The van der Waals surface area contributed by atoms with Gasteiger partial charge in [0.1, 0.15) is 11.5 Å². The minimum Gasteiger partial charge on any atom is -0.451 e. The summed E-state index contributed by atoms with van der Waals surface area (Å²) >= 11 is 11.6. The fraction of sp³-hybridized carbons (Fsp3) is 0.286. The van der Waals surface area contributed by atoms with Crippen molar-refractivity contribution in [2.24, 2.45) is 0 Å². The van der Waals surface area contributed by atoms with Gasteiger partial charge in [-0.25, -0.2) is 14.4 Å². The molecule has 0 aliphatic carbocycles. The van der Waals surface area contributed by atoms with Crippen LogP contribution in [0, 0.1) is 5.82 Å². The van der Waals surface area contributed by atoms with Crippen molar-refractivity contribution in [2.45, 2.75) is 25.6 Å². The Labute approximate surface area is 126 Å². The molecule has 0 atom stereocenters. The summed E-state index contributed by atoms with van der Waals surface area (Å²) in [5.41, 5.74) is 0.518. The van der Waals surface area contributed by atoms with Crippen molar-refractivity contribution in [3.8, 4) is 11.5 Å². The monoisotopic (exact) mass is 314 g/mol. The first-order valence-corrected chi connectivity index (χ1v) is 6.97. The normalized spacial score (nSPS) is 10.9. The van der Waals surface area contributed by atoms with Crippen molar-refractivity contribution in [2.75, 3.05) is 0 Å². The molecule has 0 unspecified atom stereocenters. The van der Waals surface area contributed by atoms with Crippen molar-refractivity contribution in [1.82, 2.24) is 9.97 Å². The number of alkyl halides is 1.